The van der Waals surface area contributed by atoms with Crippen molar-refractivity contribution in [2.75, 3.05) is 6.61 Å². The van der Waals surface area contributed by atoms with E-state index in [9.17, 15) is 14.7 Å². The summed E-state index contributed by atoms with van der Waals surface area (Å²) in [5.74, 6) is 0.431. The van der Waals surface area contributed by atoms with Crippen molar-refractivity contribution < 1.29 is 28.8 Å². The summed E-state index contributed by atoms with van der Waals surface area (Å²) in [5.41, 5.74) is -0.956. The molecule has 1 aromatic heterocycles. The molecule has 5 atom stereocenters. The monoisotopic (exact) mass is 630 g/mol. The lowest BCUT2D eigenvalue weighted by Crippen LogP contribution is -2.56. The van der Waals surface area contributed by atoms with Crippen LogP contribution >= 0.6 is 12.2 Å². The van der Waals surface area contributed by atoms with Gasteiger partial charge in [0.25, 0.3) is 5.56 Å². The van der Waals surface area contributed by atoms with E-state index >= 15 is 0 Å². The number of aliphatic hydroxyl groups is 1. The minimum absolute atomic E-state index is 0.0948. The van der Waals surface area contributed by atoms with E-state index in [1.165, 1.54) is 16.8 Å². The highest BCUT2D eigenvalue weighted by Gasteiger charge is 2.62. The molecule has 1 aliphatic heterocycles. The molecule has 1 aliphatic rings. The van der Waals surface area contributed by atoms with E-state index in [1.54, 1.807) is 31.2 Å². The summed E-state index contributed by atoms with van der Waals surface area (Å²) >= 11 is 5.49. The van der Waals surface area contributed by atoms with Crippen molar-refractivity contribution in [1.82, 2.24) is 9.55 Å². The second-order valence-electron chi connectivity index (χ2n) is 10.6. The van der Waals surface area contributed by atoms with Crippen LogP contribution < -0.4 is 16.0 Å². The van der Waals surface area contributed by atoms with Crippen molar-refractivity contribution in [2.45, 2.75) is 50.3 Å². The van der Waals surface area contributed by atoms with Crippen molar-refractivity contribution in [3.8, 4) is 5.75 Å². The van der Waals surface area contributed by atoms with E-state index < -0.39 is 41.4 Å². The van der Waals surface area contributed by atoms with E-state index in [0.29, 0.717) is 5.75 Å². The predicted octanol–water partition coefficient (Wildman–Crippen LogP) is 4.21. The molecule has 234 valence electrons. The molecule has 0 amide bonds. The van der Waals surface area contributed by atoms with Crippen LogP contribution in [0, 0.1) is 6.92 Å². The molecule has 5 rings (SSSR count). The van der Waals surface area contributed by atoms with Crippen molar-refractivity contribution in [3.63, 3.8) is 0 Å². The molecule has 0 spiro atoms. The summed E-state index contributed by atoms with van der Waals surface area (Å²) in [6, 6.07) is 27.7. The molecule has 1 saturated heterocycles. The number of nitrogens with zero attached hydrogens (tertiary/aromatic N) is 1. The smallest absolute Gasteiger partial charge is 0.358 e. The highest BCUT2D eigenvalue weighted by molar-refractivity contribution is 7.79. The fourth-order valence-corrected chi connectivity index (χ4v) is 5.36. The Bertz CT molecular complexity index is 1700. The van der Waals surface area contributed by atoms with Crippen LogP contribution in [0.2, 0.25) is 0 Å². The quantitative estimate of drug-likeness (QED) is 0.175. The number of ether oxygens (including phenoxy) is 5. The Morgan fingerprint density at radius 3 is 2.24 bits per heavy atom. The lowest BCUT2D eigenvalue weighted by atomic mass is 9.89. The Morgan fingerprint density at radius 2 is 1.62 bits per heavy atom. The number of rotatable bonds is 12. The molecule has 11 heteroatoms. The molecule has 3 aromatic carbocycles. The van der Waals surface area contributed by atoms with Gasteiger partial charge in [0.2, 0.25) is 0 Å². The first-order valence-corrected chi connectivity index (χ1v) is 14.7. The zero-order chi connectivity index (χ0) is 31.8. The normalized spacial score (nSPS) is 21.6. The number of nitrogens with one attached hydrogen (secondary N) is 1. The van der Waals surface area contributed by atoms with Crippen LogP contribution in [0.25, 0.3) is 0 Å². The van der Waals surface area contributed by atoms with Crippen molar-refractivity contribution in [2.24, 2.45) is 0 Å². The van der Waals surface area contributed by atoms with Crippen LogP contribution in [0.4, 0.5) is 0 Å². The molecule has 0 aliphatic carbocycles. The molecule has 4 aromatic rings. The maximum absolute atomic E-state index is 13.2. The fourth-order valence-electron chi connectivity index (χ4n) is 5.15. The van der Waals surface area contributed by atoms with Gasteiger partial charge in [-0.15, -0.1) is 6.58 Å². The lowest BCUT2D eigenvalue weighted by molar-refractivity contribution is -0.193. The SMILES string of the molecule is C=C[C@H](O)[C@@]1(COCc2ccccc2)O[C@@H](n2cc(C)c(=O)[nH]c2=O)[C@H](OC(=S)Oc2ccccc2)[C@@H]1OCc1ccccc1. The maximum Gasteiger partial charge on any atom is 0.358 e. The molecule has 0 saturated carbocycles. The summed E-state index contributed by atoms with van der Waals surface area (Å²) in [5, 5.41) is 11.3. The number of hydrogen-bond acceptors (Lipinski definition) is 9. The molecule has 10 nitrogen and oxygen atoms in total. The third-order valence-corrected chi connectivity index (χ3v) is 7.61. The van der Waals surface area contributed by atoms with Crippen LogP contribution in [0.3, 0.4) is 0 Å². The molecule has 45 heavy (non-hydrogen) atoms. The summed E-state index contributed by atoms with van der Waals surface area (Å²) in [7, 11) is 0. The van der Waals surface area contributed by atoms with Crippen LogP contribution in [0.1, 0.15) is 22.9 Å². The Morgan fingerprint density at radius 1 is 1.02 bits per heavy atom. The third kappa shape index (κ3) is 7.47. The van der Waals surface area contributed by atoms with Crippen LogP contribution in [0.15, 0.2) is 119 Å². The average molecular weight is 631 g/mol. The van der Waals surface area contributed by atoms with Gasteiger partial charge in [0.05, 0.1) is 19.8 Å². The number of aryl methyl sites for hydroxylation is 1. The van der Waals surface area contributed by atoms with Crippen molar-refractivity contribution in [3.05, 3.63) is 147 Å². The molecule has 1 fully saturated rings. The predicted molar refractivity (Wildman–Crippen MR) is 171 cm³/mol. The van der Waals surface area contributed by atoms with Gasteiger partial charge in [-0.3, -0.25) is 14.3 Å². The van der Waals surface area contributed by atoms with Gasteiger partial charge in [-0.05, 0) is 30.2 Å². The van der Waals surface area contributed by atoms with Crippen molar-refractivity contribution in [1.29, 1.82) is 0 Å². The minimum atomic E-state index is -1.65. The maximum atomic E-state index is 13.2. The Kier molecular flexibility index (Phi) is 10.4. The number of thiocarbonyl (C=S) groups is 1. The highest BCUT2D eigenvalue weighted by atomic mass is 32.1. The van der Waals surface area contributed by atoms with Gasteiger partial charge >= 0.3 is 10.9 Å². The number of aliphatic hydroxyl groups excluding tert-OH is 1. The summed E-state index contributed by atoms with van der Waals surface area (Å²) in [6.07, 6.45) is -2.19. The summed E-state index contributed by atoms with van der Waals surface area (Å²) in [4.78, 5) is 27.8. The van der Waals surface area contributed by atoms with Crippen molar-refractivity contribution >= 4 is 17.5 Å². The van der Waals surface area contributed by atoms with Gasteiger partial charge in [-0.25, -0.2) is 4.79 Å². The van der Waals surface area contributed by atoms with Gasteiger partial charge < -0.3 is 28.8 Å². The molecule has 0 unspecified atom stereocenters. The number of H-pyrrole nitrogens is 1. The van der Waals surface area contributed by atoms with Crippen LogP contribution in [-0.2, 0) is 32.2 Å². The molecule has 0 bridgehead atoms. The van der Waals surface area contributed by atoms with Gasteiger partial charge in [0, 0.05) is 24.0 Å². The summed E-state index contributed by atoms with van der Waals surface area (Å²) in [6.45, 7) is 5.47. The van der Waals surface area contributed by atoms with Gasteiger partial charge in [0.15, 0.2) is 17.9 Å². The lowest BCUT2D eigenvalue weighted by Gasteiger charge is -2.37. The number of hydrogen-bond donors (Lipinski definition) is 2. The van der Waals surface area contributed by atoms with Gasteiger partial charge in [-0.1, -0.05) is 84.9 Å². The fraction of sp³-hybridized carbons (Fsp3) is 0.265. The summed E-state index contributed by atoms with van der Waals surface area (Å²) < 4.78 is 32.4. The number of benzene rings is 3. The molecular weight excluding hydrogens is 596 g/mol. The molecule has 2 N–H and O–H groups in total. The zero-order valence-electron chi connectivity index (χ0n) is 24.6. The van der Waals surface area contributed by atoms with Gasteiger partial charge in [-0.2, -0.15) is 0 Å². The molecular formula is C34H34N2O8S. The Labute approximate surface area is 265 Å². The van der Waals surface area contributed by atoms with E-state index in [4.69, 9.17) is 35.9 Å². The number of para-hydroxylation sites is 1. The van der Waals surface area contributed by atoms with E-state index in [0.717, 1.165) is 11.1 Å². The van der Waals surface area contributed by atoms with Gasteiger partial charge in [0.1, 0.15) is 18.0 Å². The molecule has 0 radical (unpaired) electrons. The van der Waals surface area contributed by atoms with Crippen LogP contribution in [0.5, 0.6) is 5.75 Å². The van der Waals surface area contributed by atoms with E-state index in [2.05, 4.69) is 11.6 Å². The third-order valence-electron chi connectivity index (χ3n) is 7.43. The number of aromatic amines is 1. The van der Waals surface area contributed by atoms with E-state index in [1.807, 2.05) is 66.7 Å². The Balaban J connectivity index is 1.57. The second kappa shape index (κ2) is 14.6. The standard InChI is InChI=1S/C34H34N2O8S/c1-3-27(37)34(22-40-20-24-13-7-4-8-14-24)29(41-21-25-15-9-5-10-16-25)28(43-33(45)42-26-17-11-6-12-18-26)31(44-34)36-19-23(2)30(38)35-32(36)39/h3-19,27-29,31,37H,1,20-22H2,2H3,(H,35,38,39)/t27-,28+,29-,31+,34+/m0/s1. The zero-order valence-corrected chi connectivity index (χ0v) is 25.4. The highest BCUT2D eigenvalue weighted by Crippen LogP contribution is 2.44. The average Bonchev–Trinajstić information content (AvgIpc) is 3.35. The molecule has 2 heterocycles. The first kappa shape index (κ1) is 32.0. The topological polar surface area (TPSA) is 121 Å². The Hall–Kier alpha value is -4.39. The number of aromatic nitrogens is 2. The van der Waals surface area contributed by atoms with Crippen LogP contribution in [-0.4, -0.2) is 50.4 Å². The first-order chi connectivity index (χ1) is 21.8. The first-order valence-electron chi connectivity index (χ1n) is 14.3. The van der Waals surface area contributed by atoms with E-state index in [-0.39, 0.29) is 30.6 Å². The minimum Gasteiger partial charge on any atom is -0.446 e. The largest absolute Gasteiger partial charge is 0.446 e. The second-order valence-corrected chi connectivity index (χ2v) is 10.9.